The zero-order valence-electron chi connectivity index (χ0n) is 11.4. The van der Waals surface area contributed by atoms with Crippen LogP contribution in [0.15, 0.2) is 18.2 Å². The molecule has 0 spiro atoms. The molecule has 0 bridgehead atoms. The lowest BCUT2D eigenvalue weighted by Gasteiger charge is -2.21. The molecule has 4 heteroatoms. The van der Waals surface area contributed by atoms with Gasteiger partial charge in [-0.3, -0.25) is 4.79 Å². The Kier molecular flexibility index (Phi) is 5.01. The highest BCUT2D eigenvalue weighted by molar-refractivity contribution is 5.97. The van der Waals surface area contributed by atoms with E-state index in [2.05, 4.69) is 13.8 Å². The normalized spacial score (nSPS) is 12.0. The average molecular weight is 251 g/mol. The molecule has 100 valence electrons. The molecular formula is C14H21NO3. The van der Waals surface area contributed by atoms with Crippen LogP contribution in [0.25, 0.3) is 0 Å². The number of aromatic hydroxyl groups is 1. The van der Waals surface area contributed by atoms with E-state index in [1.165, 1.54) is 7.11 Å². The number of nitrogens with zero attached hydrogens (tertiary/aromatic N) is 1. The van der Waals surface area contributed by atoms with Crippen molar-refractivity contribution in [2.24, 2.45) is 5.92 Å². The van der Waals surface area contributed by atoms with Gasteiger partial charge in [0.25, 0.3) is 5.91 Å². The standard InChI is InChI=1S/C14H21NO3/c1-5-10(2)9-15(3)14(17)11-7-6-8-12(18-4)13(11)16/h6-8,10,16H,5,9H2,1-4H3. The highest BCUT2D eigenvalue weighted by Gasteiger charge is 2.19. The van der Waals surface area contributed by atoms with Crippen LogP contribution in [0.4, 0.5) is 0 Å². The molecule has 0 saturated carbocycles. The van der Waals surface area contributed by atoms with Gasteiger partial charge in [0.2, 0.25) is 0 Å². The van der Waals surface area contributed by atoms with E-state index >= 15 is 0 Å². The quantitative estimate of drug-likeness (QED) is 0.874. The molecule has 1 amide bonds. The predicted molar refractivity (Wildman–Crippen MR) is 71.1 cm³/mol. The maximum absolute atomic E-state index is 12.2. The highest BCUT2D eigenvalue weighted by Crippen LogP contribution is 2.30. The molecule has 0 radical (unpaired) electrons. The number of methoxy groups -OCH3 is 1. The lowest BCUT2D eigenvalue weighted by molar-refractivity contribution is 0.0771. The molecule has 18 heavy (non-hydrogen) atoms. The number of benzene rings is 1. The number of hydrogen-bond acceptors (Lipinski definition) is 3. The Balaban J connectivity index is 2.90. The Morgan fingerprint density at radius 2 is 2.17 bits per heavy atom. The molecule has 0 aromatic heterocycles. The smallest absolute Gasteiger partial charge is 0.257 e. The topological polar surface area (TPSA) is 49.8 Å². The molecule has 0 aliphatic heterocycles. The summed E-state index contributed by atoms with van der Waals surface area (Å²) in [4.78, 5) is 13.8. The largest absolute Gasteiger partial charge is 0.504 e. The highest BCUT2D eigenvalue weighted by atomic mass is 16.5. The molecule has 1 atom stereocenters. The van der Waals surface area contributed by atoms with Crippen molar-refractivity contribution in [2.45, 2.75) is 20.3 Å². The molecule has 1 aromatic carbocycles. The van der Waals surface area contributed by atoms with Crippen molar-refractivity contribution in [3.8, 4) is 11.5 Å². The second kappa shape index (κ2) is 6.28. The molecule has 0 fully saturated rings. The average Bonchev–Trinajstić information content (AvgIpc) is 2.38. The van der Waals surface area contributed by atoms with E-state index in [-0.39, 0.29) is 17.2 Å². The van der Waals surface area contributed by atoms with Crippen molar-refractivity contribution in [3.05, 3.63) is 23.8 Å². The summed E-state index contributed by atoms with van der Waals surface area (Å²) in [5.41, 5.74) is 0.278. The Morgan fingerprint density at radius 1 is 1.50 bits per heavy atom. The third kappa shape index (κ3) is 3.15. The number of hydrogen-bond donors (Lipinski definition) is 1. The third-order valence-corrected chi connectivity index (χ3v) is 3.08. The maximum atomic E-state index is 12.2. The van der Waals surface area contributed by atoms with Crippen LogP contribution in [-0.4, -0.2) is 36.6 Å². The van der Waals surface area contributed by atoms with Crippen molar-refractivity contribution in [3.63, 3.8) is 0 Å². The number of phenols is 1. The number of para-hydroxylation sites is 1. The van der Waals surface area contributed by atoms with Gasteiger partial charge in [0, 0.05) is 13.6 Å². The number of ether oxygens (including phenoxy) is 1. The molecule has 1 N–H and O–H groups in total. The SMILES string of the molecule is CCC(C)CN(C)C(=O)c1cccc(OC)c1O. The summed E-state index contributed by atoms with van der Waals surface area (Å²) in [6, 6.07) is 4.93. The predicted octanol–water partition coefficient (Wildman–Crippen LogP) is 2.52. The van der Waals surface area contributed by atoms with Crippen molar-refractivity contribution in [1.29, 1.82) is 0 Å². The van der Waals surface area contributed by atoms with Gasteiger partial charge in [-0.05, 0) is 18.1 Å². The fraction of sp³-hybridized carbons (Fsp3) is 0.500. The maximum Gasteiger partial charge on any atom is 0.257 e. The summed E-state index contributed by atoms with van der Waals surface area (Å²) in [5, 5.41) is 9.93. The molecule has 4 nitrogen and oxygen atoms in total. The minimum atomic E-state index is -0.188. The zero-order chi connectivity index (χ0) is 13.7. The van der Waals surface area contributed by atoms with Gasteiger partial charge in [-0.2, -0.15) is 0 Å². The van der Waals surface area contributed by atoms with Crippen molar-refractivity contribution in [2.75, 3.05) is 20.7 Å². The van der Waals surface area contributed by atoms with Gasteiger partial charge in [0.05, 0.1) is 12.7 Å². The van der Waals surface area contributed by atoms with Crippen LogP contribution in [0.5, 0.6) is 11.5 Å². The van der Waals surface area contributed by atoms with Crippen LogP contribution < -0.4 is 4.74 Å². The lowest BCUT2D eigenvalue weighted by Crippen LogP contribution is -2.30. The molecule has 0 saturated heterocycles. The van der Waals surface area contributed by atoms with Crippen LogP contribution in [0, 0.1) is 5.92 Å². The monoisotopic (exact) mass is 251 g/mol. The van der Waals surface area contributed by atoms with Crippen LogP contribution in [0.1, 0.15) is 30.6 Å². The molecule has 1 rings (SSSR count). The Hall–Kier alpha value is -1.71. The summed E-state index contributed by atoms with van der Waals surface area (Å²) in [7, 11) is 3.21. The van der Waals surface area contributed by atoms with Crippen molar-refractivity contribution >= 4 is 5.91 Å². The Labute approximate surface area is 108 Å². The summed E-state index contributed by atoms with van der Waals surface area (Å²) in [5.74, 6) is 0.470. The lowest BCUT2D eigenvalue weighted by atomic mass is 10.1. The summed E-state index contributed by atoms with van der Waals surface area (Å²) in [6.07, 6.45) is 1.02. The van der Waals surface area contributed by atoms with Gasteiger partial charge < -0.3 is 14.7 Å². The number of carbonyl (C=O) groups is 1. The number of carbonyl (C=O) groups excluding carboxylic acids is 1. The second-order valence-corrected chi connectivity index (χ2v) is 4.56. The third-order valence-electron chi connectivity index (χ3n) is 3.08. The molecule has 0 aliphatic carbocycles. The van der Waals surface area contributed by atoms with Gasteiger partial charge in [-0.1, -0.05) is 26.3 Å². The molecule has 0 aliphatic rings. The van der Waals surface area contributed by atoms with Crippen LogP contribution in [-0.2, 0) is 0 Å². The van der Waals surface area contributed by atoms with Crippen molar-refractivity contribution < 1.29 is 14.6 Å². The fourth-order valence-electron chi connectivity index (χ4n) is 1.74. The van der Waals surface area contributed by atoms with E-state index in [1.807, 2.05) is 0 Å². The van der Waals surface area contributed by atoms with Gasteiger partial charge in [0.1, 0.15) is 0 Å². The molecule has 1 aromatic rings. The van der Waals surface area contributed by atoms with E-state index in [9.17, 15) is 9.90 Å². The van der Waals surface area contributed by atoms with E-state index in [0.717, 1.165) is 6.42 Å². The second-order valence-electron chi connectivity index (χ2n) is 4.56. The van der Waals surface area contributed by atoms with Gasteiger partial charge in [-0.25, -0.2) is 0 Å². The summed E-state index contributed by atoms with van der Waals surface area (Å²) < 4.78 is 5.00. The number of phenolic OH excluding ortho intramolecular Hbond substituents is 1. The molecule has 0 heterocycles. The van der Waals surface area contributed by atoms with E-state index in [1.54, 1.807) is 30.1 Å². The molecule has 1 unspecified atom stereocenters. The van der Waals surface area contributed by atoms with Crippen LogP contribution in [0.3, 0.4) is 0 Å². The Bertz CT molecular complexity index is 418. The van der Waals surface area contributed by atoms with Crippen LogP contribution in [0.2, 0.25) is 0 Å². The van der Waals surface area contributed by atoms with Gasteiger partial charge in [-0.15, -0.1) is 0 Å². The van der Waals surface area contributed by atoms with E-state index in [4.69, 9.17) is 4.74 Å². The number of amides is 1. The van der Waals surface area contributed by atoms with Crippen molar-refractivity contribution in [1.82, 2.24) is 4.90 Å². The number of rotatable bonds is 5. The minimum absolute atomic E-state index is 0.0963. The first-order valence-corrected chi connectivity index (χ1v) is 6.12. The van der Waals surface area contributed by atoms with E-state index < -0.39 is 0 Å². The Morgan fingerprint density at radius 3 is 2.72 bits per heavy atom. The minimum Gasteiger partial charge on any atom is -0.504 e. The molecular weight excluding hydrogens is 230 g/mol. The first kappa shape index (κ1) is 14.4. The fourth-order valence-corrected chi connectivity index (χ4v) is 1.74. The van der Waals surface area contributed by atoms with E-state index in [0.29, 0.717) is 18.2 Å². The first-order chi connectivity index (χ1) is 8.51. The summed E-state index contributed by atoms with van der Waals surface area (Å²) in [6.45, 7) is 4.85. The van der Waals surface area contributed by atoms with Gasteiger partial charge >= 0.3 is 0 Å². The van der Waals surface area contributed by atoms with Gasteiger partial charge in [0.15, 0.2) is 11.5 Å². The first-order valence-electron chi connectivity index (χ1n) is 6.12. The van der Waals surface area contributed by atoms with Crippen LogP contribution >= 0.6 is 0 Å². The summed E-state index contributed by atoms with van der Waals surface area (Å²) >= 11 is 0. The zero-order valence-corrected chi connectivity index (χ0v) is 11.4.